The molecule has 0 spiro atoms. The molecule has 2 heteroatoms. The molecule has 108 valence electrons. The number of ketones is 1. The molecule has 0 amide bonds. The van der Waals surface area contributed by atoms with Gasteiger partial charge in [0.25, 0.3) is 0 Å². The summed E-state index contributed by atoms with van der Waals surface area (Å²) in [5.74, 6) is 0.101. The summed E-state index contributed by atoms with van der Waals surface area (Å²) < 4.78 is 0. The highest BCUT2D eigenvalue weighted by Crippen LogP contribution is 2.23. The van der Waals surface area contributed by atoms with Gasteiger partial charge in [0.2, 0.25) is 0 Å². The summed E-state index contributed by atoms with van der Waals surface area (Å²) in [6.07, 6.45) is 4.15. The van der Waals surface area contributed by atoms with Crippen LogP contribution in [-0.2, 0) is 0 Å². The van der Waals surface area contributed by atoms with Crippen molar-refractivity contribution in [3.05, 3.63) is 65.2 Å². The fraction of sp³-hybridized carbons (Fsp3) is 0.211. The quantitative estimate of drug-likeness (QED) is 0.408. The van der Waals surface area contributed by atoms with Crippen LogP contribution in [0.3, 0.4) is 0 Å². The summed E-state index contributed by atoms with van der Waals surface area (Å²) in [5.41, 5.74) is 3.03. The molecule has 0 saturated heterocycles. The van der Waals surface area contributed by atoms with Crippen molar-refractivity contribution in [2.24, 2.45) is 0 Å². The van der Waals surface area contributed by atoms with E-state index in [4.69, 9.17) is 0 Å². The third-order valence-corrected chi connectivity index (χ3v) is 4.05. The zero-order valence-corrected chi connectivity index (χ0v) is 13.5. The molecule has 0 bridgehead atoms. The Morgan fingerprint density at radius 2 is 1.38 bits per heavy atom. The molecule has 0 saturated carbocycles. The van der Waals surface area contributed by atoms with Gasteiger partial charge in [0, 0.05) is 15.7 Å². The minimum absolute atomic E-state index is 0.101. The van der Waals surface area contributed by atoms with Gasteiger partial charge >= 0.3 is 0 Å². The van der Waals surface area contributed by atoms with Crippen molar-refractivity contribution in [2.75, 3.05) is 0 Å². The lowest BCUT2D eigenvalue weighted by atomic mass is 10.1. The van der Waals surface area contributed by atoms with Crippen molar-refractivity contribution < 1.29 is 4.79 Å². The van der Waals surface area contributed by atoms with E-state index in [0.717, 1.165) is 11.1 Å². The van der Waals surface area contributed by atoms with E-state index < -0.39 is 0 Å². The molecule has 0 aliphatic rings. The first-order chi connectivity index (χ1) is 10.0. The van der Waals surface area contributed by atoms with Gasteiger partial charge in [0.1, 0.15) is 0 Å². The molecule has 0 N–H and O–H groups in total. The van der Waals surface area contributed by atoms with E-state index >= 15 is 0 Å². The number of benzene rings is 2. The maximum Gasteiger partial charge on any atom is 0.159 e. The molecule has 21 heavy (non-hydrogen) atoms. The average Bonchev–Trinajstić information content (AvgIpc) is 2.46. The van der Waals surface area contributed by atoms with Gasteiger partial charge in [0.05, 0.1) is 0 Å². The maximum absolute atomic E-state index is 11.2. The highest BCUT2D eigenvalue weighted by Gasteiger charge is 1.98. The van der Waals surface area contributed by atoms with Crippen LogP contribution in [0.15, 0.2) is 53.4 Å². The third kappa shape index (κ3) is 4.91. The smallest absolute Gasteiger partial charge is 0.159 e. The van der Waals surface area contributed by atoms with Crippen LogP contribution in [0, 0.1) is 0 Å². The van der Waals surface area contributed by atoms with Crippen molar-refractivity contribution in [3.63, 3.8) is 0 Å². The molecule has 2 aromatic carbocycles. The molecule has 0 aliphatic heterocycles. The molecule has 2 rings (SSSR count). The van der Waals surface area contributed by atoms with Crippen LogP contribution in [0.5, 0.6) is 0 Å². The molecular weight excluding hydrogens is 276 g/mol. The van der Waals surface area contributed by atoms with Crippen LogP contribution in [-0.4, -0.2) is 11.0 Å². The van der Waals surface area contributed by atoms with Crippen molar-refractivity contribution >= 4 is 29.7 Å². The first kappa shape index (κ1) is 15.6. The number of thioether (sulfide) groups is 1. The zero-order valence-electron chi connectivity index (χ0n) is 12.7. The highest BCUT2D eigenvalue weighted by molar-refractivity contribution is 7.99. The predicted molar refractivity (Wildman–Crippen MR) is 92.8 cm³/mol. The third-order valence-electron chi connectivity index (χ3n) is 3.04. The van der Waals surface area contributed by atoms with Crippen LogP contribution in [0.25, 0.3) is 12.2 Å². The van der Waals surface area contributed by atoms with E-state index in [9.17, 15) is 4.79 Å². The van der Waals surface area contributed by atoms with E-state index in [2.05, 4.69) is 50.3 Å². The molecule has 0 aromatic heterocycles. The Balaban J connectivity index is 2.05. The van der Waals surface area contributed by atoms with E-state index in [-0.39, 0.29) is 5.78 Å². The highest BCUT2D eigenvalue weighted by atomic mass is 32.2. The topological polar surface area (TPSA) is 17.1 Å². The summed E-state index contributed by atoms with van der Waals surface area (Å²) in [7, 11) is 0. The lowest BCUT2D eigenvalue weighted by Crippen LogP contribution is -1.90. The summed E-state index contributed by atoms with van der Waals surface area (Å²) in [4.78, 5) is 12.5. The summed E-state index contributed by atoms with van der Waals surface area (Å²) in [5, 5.41) is 0.603. The standard InChI is InChI=1S/C19H20OS/c1-14(2)21-19-12-8-17(9-13-19)5-4-16-6-10-18(11-7-16)15(3)20/h4-14H,1-3H3/b5-4+. The second-order valence-electron chi connectivity index (χ2n) is 5.25. The van der Waals surface area contributed by atoms with Gasteiger partial charge in [-0.15, -0.1) is 11.8 Å². The lowest BCUT2D eigenvalue weighted by molar-refractivity contribution is 0.101. The lowest BCUT2D eigenvalue weighted by Gasteiger charge is -2.04. The molecule has 0 radical (unpaired) electrons. The van der Waals surface area contributed by atoms with Crippen molar-refractivity contribution in [3.8, 4) is 0 Å². The zero-order chi connectivity index (χ0) is 15.2. The number of carbonyl (C=O) groups excluding carboxylic acids is 1. The van der Waals surface area contributed by atoms with Crippen molar-refractivity contribution in [1.29, 1.82) is 0 Å². The first-order valence-corrected chi connectivity index (χ1v) is 7.98. The number of rotatable bonds is 5. The number of hydrogen-bond acceptors (Lipinski definition) is 2. The van der Waals surface area contributed by atoms with Crippen molar-refractivity contribution in [2.45, 2.75) is 30.9 Å². The molecule has 0 unspecified atom stereocenters. The van der Waals surface area contributed by atoms with Crippen LogP contribution in [0.4, 0.5) is 0 Å². The fourth-order valence-corrected chi connectivity index (χ4v) is 2.79. The second kappa shape index (κ2) is 7.28. The van der Waals surface area contributed by atoms with Gasteiger partial charge in [-0.1, -0.05) is 62.4 Å². The van der Waals surface area contributed by atoms with Gasteiger partial charge in [-0.05, 0) is 30.2 Å². The van der Waals surface area contributed by atoms with Crippen LogP contribution >= 0.6 is 11.8 Å². The Morgan fingerprint density at radius 1 is 0.905 bits per heavy atom. The number of carbonyl (C=O) groups is 1. The minimum Gasteiger partial charge on any atom is -0.295 e. The molecule has 0 atom stereocenters. The Morgan fingerprint density at radius 3 is 1.81 bits per heavy atom. The van der Waals surface area contributed by atoms with Crippen molar-refractivity contribution in [1.82, 2.24) is 0 Å². The first-order valence-electron chi connectivity index (χ1n) is 7.10. The maximum atomic E-state index is 11.2. The number of hydrogen-bond donors (Lipinski definition) is 0. The van der Waals surface area contributed by atoms with Gasteiger partial charge in [0.15, 0.2) is 5.78 Å². The van der Waals surface area contributed by atoms with Crippen LogP contribution < -0.4 is 0 Å². The molecule has 2 aromatic rings. The van der Waals surface area contributed by atoms with Gasteiger partial charge in [-0.2, -0.15) is 0 Å². The largest absolute Gasteiger partial charge is 0.295 e. The molecule has 0 aliphatic carbocycles. The van der Waals surface area contributed by atoms with E-state index in [0.29, 0.717) is 5.25 Å². The monoisotopic (exact) mass is 296 g/mol. The Hall–Kier alpha value is -1.80. The molecular formula is C19H20OS. The summed E-state index contributed by atoms with van der Waals surface area (Å²) >= 11 is 1.87. The second-order valence-corrected chi connectivity index (χ2v) is 6.90. The minimum atomic E-state index is 0.101. The van der Waals surface area contributed by atoms with Gasteiger partial charge in [-0.3, -0.25) is 4.79 Å². The average molecular weight is 296 g/mol. The van der Waals surface area contributed by atoms with Gasteiger partial charge in [-0.25, -0.2) is 0 Å². The normalized spacial score (nSPS) is 11.2. The molecule has 1 nitrogen and oxygen atoms in total. The van der Waals surface area contributed by atoms with Gasteiger partial charge < -0.3 is 0 Å². The molecule has 0 heterocycles. The summed E-state index contributed by atoms with van der Waals surface area (Å²) in [6, 6.07) is 16.2. The van der Waals surface area contributed by atoms with E-state index in [1.54, 1.807) is 6.92 Å². The van der Waals surface area contributed by atoms with Crippen LogP contribution in [0.1, 0.15) is 42.3 Å². The Bertz CT molecular complexity index is 622. The van der Waals surface area contributed by atoms with Crippen LogP contribution in [0.2, 0.25) is 0 Å². The fourth-order valence-electron chi connectivity index (χ4n) is 1.95. The predicted octanol–water partition coefficient (Wildman–Crippen LogP) is 5.56. The molecule has 0 fully saturated rings. The Labute approximate surface area is 131 Å². The number of Topliss-reactive ketones (excluding diaryl/α,β-unsaturated/α-hetero) is 1. The SMILES string of the molecule is CC(=O)c1ccc(/C=C/c2ccc(SC(C)C)cc2)cc1. The van der Waals surface area contributed by atoms with E-state index in [1.165, 1.54) is 10.5 Å². The summed E-state index contributed by atoms with van der Waals surface area (Å²) in [6.45, 7) is 5.98. The Kier molecular flexibility index (Phi) is 5.40. The van der Waals surface area contributed by atoms with E-state index in [1.807, 2.05) is 36.0 Å².